The van der Waals surface area contributed by atoms with Gasteiger partial charge in [0.2, 0.25) is 0 Å². The number of amidine groups is 1. The normalized spacial score (nSPS) is 18.3. The molecule has 0 saturated carbocycles. The quantitative estimate of drug-likeness (QED) is 0.810. The molecule has 1 N–H and O–H groups in total. The fraction of sp³-hybridized carbons (Fsp3) is 0.312. The largest absolute Gasteiger partial charge is 0.353 e. The third-order valence-electron chi connectivity index (χ3n) is 4.09. The number of fused-ring (bicyclic) bond motifs is 2. The molecule has 0 aliphatic carbocycles. The highest BCUT2D eigenvalue weighted by Crippen LogP contribution is 2.37. The summed E-state index contributed by atoms with van der Waals surface area (Å²) in [5.41, 5.74) is 3.33. The van der Waals surface area contributed by atoms with Crippen LogP contribution in [-0.2, 0) is 0 Å². The zero-order valence-electron chi connectivity index (χ0n) is 12.0. The number of hydrogen-bond acceptors (Lipinski definition) is 5. The molecule has 4 rings (SSSR count). The molecule has 2 aromatic rings. The van der Waals surface area contributed by atoms with E-state index >= 15 is 0 Å². The van der Waals surface area contributed by atoms with Gasteiger partial charge in [0.25, 0.3) is 0 Å². The molecule has 108 valence electrons. The standard InChI is InChI=1S/C16H18N4S/c1-19-7-9-20(10-8-19)15-12-6-11-21-16(12)18-14-5-3-2-4-13(14)17-15/h2-6,11,18H,7-10H2,1H3. The second-order valence-corrected chi connectivity index (χ2v) is 6.45. The van der Waals surface area contributed by atoms with Gasteiger partial charge in [-0.1, -0.05) is 12.1 Å². The van der Waals surface area contributed by atoms with E-state index in [1.807, 2.05) is 6.07 Å². The molecule has 1 fully saturated rings. The Morgan fingerprint density at radius 3 is 2.76 bits per heavy atom. The van der Waals surface area contributed by atoms with E-state index in [4.69, 9.17) is 4.99 Å². The summed E-state index contributed by atoms with van der Waals surface area (Å²) in [4.78, 5) is 9.75. The van der Waals surface area contributed by atoms with Crippen molar-refractivity contribution in [2.45, 2.75) is 0 Å². The molecule has 21 heavy (non-hydrogen) atoms. The maximum absolute atomic E-state index is 4.97. The second-order valence-electron chi connectivity index (χ2n) is 5.53. The minimum atomic E-state index is 1.02. The molecule has 5 heteroatoms. The molecule has 3 heterocycles. The van der Waals surface area contributed by atoms with Crippen LogP contribution < -0.4 is 5.32 Å². The topological polar surface area (TPSA) is 30.9 Å². The van der Waals surface area contributed by atoms with Gasteiger partial charge in [-0.15, -0.1) is 11.3 Å². The fourth-order valence-electron chi connectivity index (χ4n) is 2.81. The van der Waals surface area contributed by atoms with Crippen LogP contribution in [0.5, 0.6) is 0 Å². The second kappa shape index (κ2) is 5.16. The average molecular weight is 298 g/mol. The number of para-hydroxylation sites is 2. The Hall–Kier alpha value is -1.85. The lowest BCUT2D eigenvalue weighted by molar-refractivity contribution is 0.216. The van der Waals surface area contributed by atoms with Gasteiger partial charge in [-0.05, 0) is 30.6 Å². The number of likely N-dealkylation sites (N-methyl/N-ethyl adjacent to an activating group) is 1. The summed E-state index contributed by atoms with van der Waals surface area (Å²) in [5.74, 6) is 1.11. The van der Waals surface area contributed by atoms with Crippen molar-refractivity contribution in [1.82, 2.24) is 9.80 Å². The average Bonchev–Trinajstić information content (AvgIpc) is 2.89. The first-order chi connectivity index (χ1) is 10.3. The molecule has 0 atom stereocenters. The summed E-state index contributed by atoms with van der Waals surface area (Å²) < 4.78 is 0. The van der Waals surface area contributed by atoms with E-state index in [0.29, 0.717) is 0 Å². The maximum atomic E-state index is 4.97. The number of benzene rings is 1. The van der Waals surface area contributed by atoms with Crippen molar-refractivity contribution < 1.29 is 0 Å². The van der Waals surface area contributed by atoms with E-state index in [-0.39, 0.29) is 0 Å². The highest BCUT2D eigenvalue weighted by molar-refractivity contribution is 7.14. The van der Waals surface area contributed by atoms with Crippen molar-refractivity contribution in [1.29, 1.82) is 0 Å². The summed E-state index contributed by atoms with van der Waals surface area (Å²) in [6.45, 7) is 4.25. The third-order valence-corrected chi connectivity index (χ3v) is 4.92. The van der Waals surface area contributed by atoms with Crippen molar-refractivity contribution >= 4 is 33.5 Å². The summed E-state index contributed by atoms with van der Waals surface area (Å²) in [6.07, 6.45) is 0. The van der Waals surface area contributed by atoms with E-state index in [0.717, 1.165) is 43.4 Å². The van der Waals surface area contributed by atoms with Crippen LogP contribution in [0.1, 0.15) is 5.56 Å². The van der Waals surface area contributed by atoms with Crippen molar-refractivity contribution in [3.63, 3.8) is 0 Å². The van der Waals surface area contributed by atoms with Crippen LogP contribution in [0.15, 0.2) is 40.7 Å². The van der Waals surface area contributed by atoms with Crippen LogP contribution >= 0.6 is 11.3 Å². The van der Waals surface area contributed by atoms with E-state index < -0.39 is 0 Å². The Kier molecular flexibility index (Phi) is 3.16. The van der Waals surface area contributed by atoms with Crippen LogP contribution in [0.4, 0.5) is 16.4 Å². The van der Waals surface area contributed by atoms with E-state index in [1.165, 1.54) is 10.6 Å². The Labute approximate surface area is 128 Å². The lowest BCUT2D eigenvalue weighted by atomic mass is 10.2. The van der Waals surface area contributed by atoms with Crippen LogP contribution in [0.3, 0.4) is 0 Å². The Bertz CT molecular complexity index is 683. The van der Waals surface area contributed by atoms with Crippen molar-refractivity contribution in [3.05, 3.63) is 41.3 Å². The first-order valence-corrected chi connectivity index (χ1v) is 8.15. The van der Waals surface area contributed by atoms with E-state index in [9.17, 15) is 0 Å². The van der Waals surface area contributed by atoms with Gasteiger partial charge in [-0.25, -0.2) is 4.99 Å². The predicted molar refractivity (Wildman–Crippen MR) is 89.3 cm³/mol. The van der Waals surface area contributed by atoms with Crippen LogP contribution in [-0.4, -0.2) is 48.9 Å². The minimum Gasteiger partial charge on any atom is -0.353 e. The van der Waals surface area contributed by atoms with Crippen LogP contribution in [0.25, 0.3) is 0 Å². The first-order valence-electron chi connectivity index (χ1n) is 7.27. The van der Waals surface area contributed by atoms with Crippen LogP contribution in [0, 0.1) is 0 Å². The molecule has 1 aromatic carbocycles. The van der Waals surface area contributed by atoms with Gasteiger partial charge in [-0.3, -0.25) is 0 Å². The SMILES string of the molecule is CN1CCN(C2=Nc3ccccc3Nc3sccc32)CC1. The number of nitrogens with one attached hydrogen (secondary N) is 1. The van der Waals surface area contributed by atoms with Gasteiger partial charge in [0, 0.05) is 26.2 Å². The fourth-order valence-corrected chi connectivity index (χ4v) is 3.61. The molecule has 0 spiro atoms. The smallest absolute Gasteiger partial charge is 0.139 e. The van der Waals surface area contributed by atoms with E-state index in [1.54, 1.807) is 11.3 Å². The number of rotatable bonds is 0. The van der Waals surface area contributed by atoms with Gasteiger partial charge in [0.15, 0.2) is 0 Å². The molecule has 4 nitrogen and oxygen atoms in total. The summed E-state index contributed by atoms with van der Waals surface area (Å²) in [6, 6.07) is 10.4. The summed E-state index contributed by atoms with van der Waals surface area (Å²) in [7, 11) is 2.18. The molecule has 1 saturated heterocycles. The highest BCUT2D eigenvalue weighted by Gasteiger charge is 2.24. The Morgan fingerprint density at radius 1 is 1.10 bits per heavy atom. The predicted octanol–water partition coefficient (Wildman–Crippen LogP) is 3.13. The van der Waals surface area contributed by atoms with Gasteiger partial charge >= 0.3 is 0 Å². The zero-order chi connectivity index (χ0) is 14.2. The van der Waals surface area contributed by atoms with Gasteiger partial charge in [0.1, 0.15) is 10.8 Å². The van der Waals surface area contributed by atoms with Crippen molar-refractivity contribution in [2.24, 2.45) is 4.99 Å². The lowest BCUT2D eigenvalue weighted by Gasteiger charge is -2.34. The molecule has 2 aliphatic heterocycles. The molecular formula is C16H18N4S. The molecule has 0 radical (unpaired) electrons. The van der Waals surface area contributed by atoms with Crippen LogP contribution in [0.2, 0.25) is 0 Å². The number of nitrogens with zero attached hydrogens (tertiary/aromatic N) is 3. The zero-order valence-corrected chi connectivity index (χ0v) is 12.9. The highest BCUT2D eigenvalue weighted by atomic mass is 32.1. The first kappa shape index (κ1) is 12.9. The number of thiophene rings is 1. The number of anilines is 2. The molecule has 0 unspecified atom stereocenters. The molecule has 0 amide bonds. The van der Waals surface area contributed by atoms with E-state index in [2.05, 4.69) is 51.8 Å². The van der Waals surface area contributed by atoms with Gasteiger partial charge in [0.05, 0.1) is 16.9 Å². The number of aliphatic imine (C=N–C) groups is 1. The molecule has 2 aliphatic rings. The summed E-state index contributed by atoms with van der Waals surface area (Å²) >= 11 is 1.74. The summed E-state index contributed by atoms with van der Waals surface area (Å²) in [5, 5.41) is 6.86. The third kappa shape index (κ3) is 2.32. The van der Waals surface area contributed by atoms with Gasteiger partial charge < -0.3 is 15.1 Å². The maximum Gasteiger partial charge on any atom is 0.139 e. The number of piperazine rings is 1. The molecule has 1 aromatic heterocycles. The molecule has 0 bridgehead atoms. The van der Waals surface area contributed by atoms with Crippen molar-refractivity contribution in [3.8, 4) is 0 Å². The Morgan fingerprint density at radius 2 is 1.90 bits per heavy atom. The van der Waals surface area contributed by atoms with Crippen molar-refractivity contribution in [2.75, 3.05) is 38.5 Å². The monoisotopic (exact) mass is 298 g/mol. The Balaban J connectivity index is 1.79. The van der Waals surface area contributed by atoms with Gasteiger partial charge in [-0.2, -0.15) is 0 Å². The minimum absolute atomic E-state index is 1.02. The number of hydrogen-bond donors (Lipinski definition) is 1. The molecular weight excluding hydrogens is 280 g/mol. The lowest BCUT2D eigenvalue weighted by Crippen LogP contribution is -2.47.